The van der Waals surface area contributed by atoms with Crippen LogP contribution in [0.4, 0.5) is 17.3 Å². The molecule has 0 fully saturated rings. The number of hydrogen-bond acceptors (Lipinski definition) is 7. The zero-order valence-corrected chi connectivity index (χ0v) is 22.0. The van der Waals surface area contributed by atoms with E-state index in [0.717, 1.165) is 57.4 Å². The van der Waals surface area contributed by atoms with Gasteiger partial charge in [0.2, 0.25) is 0 Å². The molecular weight excluding hydrogens is 506 g/mol. The molecule has 36 heavy (non-hydrogen) atoms. The summed E-state index contributed by atoms with van der Waals surface area (Å²) in [5.74, 6) is 2.31. The number of halogens is 1. The first-order valence-electron chi connectivity index (χ1n) is 11.7. The van der Waals surface area contributed by atoms with Gasteiger partial charge in [0, 0.05) is 32.0 Å². The Morgan fingerprint density at radius 1 is 0.972 bits per heavy atom. The van der Waals surface area contributed by atoms with Crippen LogP contribution in [0.25, 0.3) is 11.0 Å². The zero-order chi connectivity index (χ0) is 24.7. The molecule has 0 aliphatic heterocycles. The van der Waals surface area contributed by atoms with Crippen LogP contribution in [0.5, 0.6) is 0 Å². The van der Waals surface area contributed by atoms with E-state index in [1.54, 1.807) is 0 Å². The molecular formula is C28H26ClN5S2. The quantitative estimate of drug-likeness (QED) is 0.200. The fraction of sp³-hybridized carbons (Fsp3) is 0.143. The monoisotopic (exact) mass is 531 g/mol. The van der Waals surface area contributed by atoms with Gasteiger partial charge < -0.3 is 15.8 Å². The van der Waals surface area contributed by atoms with Crippen LogP contribution >= 0.6 is 35.3 Å². The second-order valence-electron chi connectivity index (χ2n) is 8.39. The minimum absolute atomic E-state index is 0.676. The summed E-state index contributed by atoms with van der Waals surface area (Å²) < 4.78 is 3.39. The maximum Gasteiger partial charge on any atom is 0.180 e. The standard InChI is InChI=1S/C28H26ClN5S2/c29-20-6-4-8-24(14-11-20)36-34-28-27(32-25-9-1-2-10-26(25)33-28)31-22-12-15-23(16-13-22)35-18-19-5-3-7-21(30)17-19/h1-2,4,6-7,9-17H,3,5,8,18,30H2,(H,31,32)(H,33,34). The van der Waals surface area contributed by atoms with Crippen LogP contribution in [0.3, 0.4) is 0 Å². The van der Waals surface area contributed by atoms with Crippen LogP contribution in [0.2, 0.25) is 0 Å². The van der Waals surface area contributed by atoms with Gasteiger partial charge in [-0.3, -0.25) is 0 Å². The molecule has 0 bridgehead atoms. The number of thioether (sulfide) groups is 1. The highest BCUT2D eigenvalue weighted by atomic mass is 35.5. The molecule has 2 aliphatic rings. The van der Waals surface area contributed by atoms with Crippen LogP contribution in [0, 0.1) is 0 Å². The number of hydrogen-bond donors (Lipinski definition) is 3. The zero-order valence-electron chi connectivity index (χ0n) is 19.6. The number of nitrogens with two attached hydrogens (primary N) is 1. The number of rotatable bonds is 8. The van der Waals surface area contributed by atoms with E-state index >= 15 is 0 Å². The molecule has 0 radical (unpaired) electrons. The predicted octanol–water partition coefficient (Wildman–Crippen LogP) is 8.05. The molecule has 182 valence electrons. The smallest absolute Gasteiger partial charge is 0.180 e. The van der Waals surface area contributed by atoms with Gasteiger partial charge in [-0.25, -0.2) is 9.97 Å². The van der Waals surface area contributed by atoms with Crippen molar-refractivity contribution in [1.82, 2.24) is 9.97 Å². The SMILES string of the molecule is NC1=CCCC(CSc2ccc(Nc3nc4ccccc4nc3NSC3=CC=C(Cl)C=CC3)cc2)=C1. The molecule has 2 aliphatic carbocycles. The molecule has 0 unspecified atom stereocenters. The van der Waals surface area contributed by atoms with Gasteiger partial charge in [-0.2, -0.15) is 0 Å². The third-order valence-corrected chi connectivity index (χ3v) is 7.86. The highest BCUT2D eigenvalue weighted by Gasteiger charge is 2.11. The summed E-state index contributed by atoms with van der Waals surface area (Å²) in [6, 6.07) is 16.3. The lowest BCUT2D eigenvalue weighted by Crippen LogP contribution is -2.02. The first-order valence-corrected chi connectivity index (χ1v) is 13.9. The molecule has 0 amide bonds. The molecule has 5 nitrogen and oxygen atoms in total. The minimum atomic E-state index is 0.676. The van der Waals surface area contributed by atoms with Gasteiger partial charge in [0.05, 0.1) is 11.0 Å². The number of anilines is 3. The largest absolute Gasteiger partial charge is 0.399 e. The van der Waals surface area contributed by atoms with E-state index < -0.39 is 0 Å². The van der Waals surface area contributed by atoms with E-state index in [-0.39, 0.29) is 0 Å². The molecule has 8 heteroatoms. The molecule has 0 atom stereocenters. The van der Waals surface area contributed by atoms with Crippen molar-refractivity contribution < 1.29 is 0 Å². The Balaban J connectivity index is 1.30. The maximum atomic E-state index is 6.12. The van der Waals surface area contributed by atoms with Crippen molar-refractivity contribution >= 4 is 63.7 Å². The Labute approximate surface area is 224 Å². The number of allylic oxidation sites excluding steroid dienone is 8. The maximum absolute atomic E-state index is 6.12. The third kappa shape index (κ3) is 6.55. The van der Waals surface area contributed by atoms with Crippen LogP contribution in [-0.2, 0) is 0 Å². The molecule has 1 heterocycles. The number of fused-ring (bicyclic) bond motifs is 1. The van der Waals surface area contributed by atoms with Crippen molar-refractivity contribution in [3.63, 3.8) is 0 Å². The average Bonchev–Trinajstić information content (AvgIpc) is 3.11. The lowest BCUT2D eigenvalue weighted by atomic mass is 10.1. The number of nitrogens with zero attached hydrogens (tertiary/aromatic N) is 2. The Morgan fingerprint density at radius 3 is 2.53 bits per heavy atom. The lowest BCUT2D eigenvalue weighted by Gasteiger charge is -2.14. The third-order valence-electron chi connectivity index (χ3n) is 5.63. The molecule has 0 spiro atoms. The first kappa shape index (κ1) is 24.6. The van der Waals surface area contributed by atoms with Crippen LogP contribution in [-0.4, -0.2) is 15.7 Å². The summed E-state index contributed by atoms with van der Waals surface area (Å²) in [6.45, 7) is 0. The van der Waals surface area contributed by atoms with E-state index in [1.807, 2.05) is 60.3 Å². The Kier molecular flexibility index (Phi) is 8.01. The van der Waals surface area contributed by atoms with E-state index in [4.69, 9.17) is 27.3 Å². The molecule has 0 saturated heterocycles. The first-order chi connectivity index (χ1) is 17.6. The van der Waals surface area contributed by atoms with Gasteiger partial charge >= 0.3 is 0 Å². The Bertz CT molecular complexity index is 1410. The second-order valence-corrected chi connectivity index (χ2v) is 10.8. The van der Waals surface area contributed by atoms with Gasteiger partial charge in [-0.05, 0) is 91.9 Å². The predicted molar refractivity (Wildman–Crippen MR) is 157 cm³/mol. The van der Waals surface area contributed by atoms with E-state index in [1.165, 1.54) is 22.4 Å². The summed E-state index contributed by atoms with van der Waals surface area (Å²) in [7, 11) is 0. The molecule has 1 aromatic heterocycles. The summed E-state index contributed by atoms with van der Waals surface area (Å²) in [5.41, 5.74) is 10.8. The minimum Gasteiger partial charge on any atom is -0.399 e. The van der Waals surface area contributed by atoms with Crippen LogP contribution in [0.1, 0.15) is 19.3 Å². The molecule has 4 N–H and O–H groups in total. The van der Waals surface area contributed by atoms with E-state index in [9.17, 15) is 0 Å². The number of para-hydroxylation sites is 2. The highest BCUT2D eigenvalue weighted by Crippen LogP contribution is 2.32. The fourth-order valence-electron chi connectivity index (χ4n) is 3.78. The Morgan fingerprint density at radius 2 is 1.75 bits per heavy atom. The molecule has 5 rings (SSSR count). The summed E-state index contributed by atoms with van der Waals surface area (Å²) in [6.07, 6.45) is 15.0. The van der Waals surface area contributed by atoms with Crippen molar-refractivity contribution in [1.29, 1.82) is 0 Å². The van der Waals surface area contributed by atoms with Gasteiger partial charge in [0.25, 0.3) is 0 Å². The van der Waals surface area contributed by atoms with Crippen molar-refractivity contribution in [2.24, 2.45) is 5.73 Å². The fourth-order valence-corrected chi connectivity index (χ4v) is 5.53. The molecule has 2 aromatic carbocycles. The highest BCUT2D eigenvalue weighted by molar-refractivity contribution is 8.04. The van der Waals surface area contributed by atoms with Gasteiger partial charge in [-0.15, -0.1) is 11.8 Å². The van der Waals surface area contributed by atoms with Gasteiger partial charge in [-0.1, -0.05) is 41.5 Å². The van der Waals surface area contributed by atoms with E-state index in [0.29, 0.717) is 11.6 Å². The normalized spacial score (nSPS) is 15.5. The average molecular weight is 532 g/mol. The number of nitrogens with one attached hydrogen (secondary N) is 2. The number of benzene rings is 2. The Hall–Kier alpha value is -3.13. The molecule has 0 saturated carbocycles. The van der Waals surface area contributed by atoms with Crippen LogP contribution in [0.15, 0.2) is 111 Å². The molecule has 3 aromatic rings. The second kappa shape index (κ2) is 11.7. The van der Waals surface area contributed by atoms with Gasteiger partial charge in [0.1, 0.15) is 0 Å². The van der Waals surface area contributed by atoms with Crippen molar-refractivity contribution in [3.8, 4) is 0 Å². The summed E-state index contributed by atoms with van der Waals surface area (Å²) in [4.78, 5) is 12.0. The summed E-state index contributed by atoms with van der Waals surface area (Å²) in [5, 5.41) is 4.17. The summed E-state index contributed by atoms with van der Waals surface area (Å²) >= 11 is 9.46. The van der Waals surface area contributed by atoms with Crippen LogP contribution < -0.4 is 15.8 Å². The topological polar surface area (TPSA) is 75.9 Å². The van der Waals surface area contributed by atoms with E-state index in [2.05, 4.69) is 46.5 Å². The van der Waals surface area contributed by atoms with Crippen molar-refractivity contribution in [3.05, 3.63) is 106 Å². The van der Waals surface area contributed by atoms with Gasteiger partial charge in [0.15, 0.2) is 11.6 Å². The number of aromatic nitrogens is 2. The van der Waals surface area contributed by atoms with Crippen molar-refractivity contribution in [2.75, 3.05) is 15.8 Å². The van der Waals surface area contributed by atoms with Crippen molar-refractivity contribution in [2.45, 2.75) is 24.2 Å². The lowest BCUT2D eigenvalue weighted by molar-refractivity contribution is 0.945.